The lowest BCUT2D eigenvalue weighted by molar-refractivity contribution is -0.159. The van der Waals surface area contributed by atoms with Gasteiger partial charge in [0, 0.05) is 28.6 Å². The topological polar surface area (TPSA) is 112 Å². The minimum atomic E-state index is -1.82. The van der Waals surface area contributed by atoms with E-state index in [1.54, 1.807) is 0 Å². The molecule has 0 aliphatic heterocycles. The van der Waals surface area contributed by atoms with Gasteiger partial charge >= 0.3 is 11.9 Å². The molecule has 6 aromatic rings. The second-order valence-corrected chi connectivity index (χ2v) is 11.2. The van der Waals surface area contributed by atoms with E-state index >= 15 is 0 Å². The maximum absolute atomic E-state index is 11.4. The van der Waals surface area contributed by atoms with Gasteiger partial charge in [-0.05, 0) is 40.1 Å². The minimum absolute atomic E-state index is 0.459. The van der Waals surface area contributed by atoms with Crippen LogP contribution in [0.4, 0.5) is 5.69 Å². The van der Waals surface area contributed by atoms with Gasteiger partial charge in [0.15, 0.2) is 0 Å². The van der Waals surface area contributed by atoms with Crippen molar-refractivity contribution in [3.63, 3.8) is 0 Å². The number of fused-ring (bicyclic) bond motifs is 3. The number of rotatable bonds is 8. The number of aliphatic carboxylic acids is 2. The summed E-state index contributed by atoms with van der Waals surface area (Å²) < 4.78 is 2.34. The van der Waals surface area contributed by atoms with Crippen molar-refractivity contribution >= 4 is 39.3 Å². The molecule has 0 fully saturated rings. The van der Waals surface area contributed by atoms with Gasteiger partial charge in [-0.3, -0.25) is 0 Å². The molecule has 0 spiro atoms. The summed E-state index contributed by atoms with van der Waals surface area (Å²) in [6.45, 7) is 5.33. The number of anilines is 1. The Morgan fingerprint density at radius 2 is 1.27 bits per heavy atom. The molecular formula is C38H36N2O5. The van der Waals surface area contributed by atoms with Crippen LogP contribution in [0.25, 0.3) is 44.1 Å². The second kappa shape index (κ2) is 13.9. The predicted molar refractivity (Wildman–Crippen MR) is 181 cm³/mol. The fourth-order valence-electron chi connectivity index (χ4n) is 5.59. The Bertz CT molecular complexity index is 1900. The van der Waals surface area contributed by atoms with Gasteiger partial charge in [0.25, 0.3) is 0 Å². The van der Waals surface area contributed by atoms with Gasteiger partial charge in [-0.15, -0.1) is 0 Å². The van der Waals surface area contributed by atoms with Crippen LogP contribution in [0.15, 0.2) is 121 Å². The van der Waals surface area contributed by atoms with E-state index in [2.05, 4.69) is 145 Å². The molecule has 0 amide bonds. The Balaban J connectivity index is 0.000000609. The third-order valence-corrected chi connectivity index (χ3v) is 7.75. The molecule has 1 unspecified atom stereocenters. The number of nitrogens with zero attached hydrogens (tertiary/aromatic N) is 1. The summed E-state index contributed by atoms with van der Waals surface area (Å²) in [4.78, 5) is 18.2. The van der Waals surface area contributed by atoms with Crippen molar-refractivity contribution in [3.8, 4) is 22.4 Å². The SMILES string of the molecule is CC(C)c1ccc(NCC(O)Cn2c(-c3ccccc3)c(-c3ccccc3)c3ccc4ccccc4c32)cc1.O=C(O)C(=O)O. The maximum Gasteiger partial charge on any atom is 0.414 e. The van der Waals surface area contributed by atoms with E-state index in [0.717, 1.165) is 22.5 Å². The molecule has 1 atom stereocenters. The number of aromatic nitrogens is 1. The number of carboxylic acid groups (broad SMARTS) is 2. The summed E-state index contributed by atoms with van der Waals surface area (Å²) in [5.41, 5.74) is 8.14. The smallest absolute Gasteiger partial charge is 0.414 e. The molecule has 7 nitrogen and oxygen atoms in total. The molecule has 0 radical (unpaired) electrons. The average Bonchev–Trinajstić information content (AvgIpc) is 3.39. The van der Waals surface area contributed by atoms with E-state index in [9.17, 15) is 5.11 Å². The normalized spacial score (nSPS) is 11.6. The molecule has 1 heterocycles. The van der Waals surface area contributed by atoms with Crippen LogP contribution in [0.3, 0.4) is 0 Å². The molecule has 6 rings (SSSR count). The van der Waals surface area contributed by atoms with Gasteiger partial charge < -0.3 is 25.2 Å². The van der Waals surface area contributed by atoms with Crippen LogP contribution in [0, 0.1) is 0 Å². The first-order chi connectivity index (χ1) is 21.7. The summed E-state index contributed by atoms with van der Waals surface area (Å²) in [5.74, 6) is -3.15. The largest absolute Gasteiger partial charge is 0.473 e. The third-order valence-electron chi connectivity index (χ3n) is 7.75. The van der Waals surface area contributed by atoms with Crippen LogP contribution >= 0.6 is 0 Å². The molecule has 1 aromatic heterocycles. The van der Waals surface area contributed by atoms with Crippen LogP contribution < -0.4 is 5.32 Å². The highest BCUT2D eigenvalue weighted by Crippen LogP contribution is 2.43. The fourth-order valence-corrected chi connectivity index (χ4v) is 5.59. The Morgan fingerprint density at radius 1 is 0.689 bits per heavy atom. The minimum Gasteiger partial charge on any atom is -0.473 e. The molecular weight excluding hydrogens is 564 g/mol. The first-order valence-electron chi connectivity index (χ1n) is 14.9. The van der Waals surface area contributed by atoms with Gasteiger partial charge in [-0.1, -0.05) is 123 Å². The van der Waals surface area contributed by atoms with Crippen molar-refractivity contribution in [3.05, 3.63) is 127 Å². The lowest BCUT2D eigenvalue weighted by Crippen LogP contribution is -2.25. The lowest BCUT2D eigenvalue weighted by atomic mass is 9.97. The highest BCUT2D eigenvalue weighted by atomic mass is 16.4. The Morgan fingerprint density at radius 3 is 1.87 bits per heavy atom. The molecule has 5 aromatic carbocycles. The Kier molecular flexibility index (Phi) is 9.61. The third kappa shape index (κ3) is 7.06. The van der Waals surface area contributed by atoms with Gasteiger partial charge in [0.05, 0.1) is 23.9 Å². The Labute approximate surface area is 262 Å². The molecule has 0 aliphatic rings. The van der Waals surface area contributed by atoms with Gasteiger partial charge in [-0.2, -0.15) is 0 Å². The molecule has 0 saturated carbocycles. The summed E-state index contributed by atoms with van der Waals surface area (Å²) in [6.07, 6.45) is -0.588. The molecule has 0 bridgehead atoms. The number of benzene rings is 5. The number of nitrogens with one attached hydrogen (secondary N) is 1. The highest BCUT2D eigenvalue weighted by Gasteiger charge is 2.23. The summed E-state index contributed by atoms with van der Waals surface area (Å²) in [6, 6.07) is 42.7. The zero-order valence-electron chi connectivity index (χ0n) is 25.2. The summed E-state index contributed by atoms with van der Waals surface area (Å²) >= 11 is 0. The van der Waals surface area contributed by atoms with Gasteiger partial charge in [-0.25, -0.2) is 9.59 Å². The van der Waals surface area contributed by atoms with E-state index in [1.165, 1.54) is 32.8 Å². The zero-order chi connectivity index (χ0) is 31.9. The molecule has 7 heteroatoms. The first-order valence-corrected chi connectivity index (χ1v) is 14.9. The molecule has 45 heavy (non-hydrogen) atoms. The highest BCUT2D eigenvalue weighted by molar-refractivity contribution is 6.27. The van der Waals surface area contributed by atoms with Crippen molar-refractivity contribution in [2.24, 2.45) is 0 Å². The number of carboxylic acids is 2. The van der Waals surface area contributed by atoms with Gasteiger partial charge in [0.1, 0.15) is 0 Å². The Hall–Kier alpha value is -5.40. The number of carbonyl (C=O) groups is 2. The van der Waals surface area contributed by atoms with Crippen LogP contribution in [0.1, 0.15) is 25.3 Å². The second-order valence-electron chi connectivity index (χ2n) is 11.2. The number of hydrogen-bond donors (Lipinski definition) is 4. The van der Waals surface area contributed by atoms with Crippen molar-refractivity contribution in [1.29, 1.82) is 0 Å². The summed E-state index contributed by atoms with van der Waals surface area (Å²) in [7, 11) is 0. The summed E-state index contributed by atoms with van der Waals surface area (Å²) in [5, 5.41) is 33.2. The van der Waals surface area contributed by atoms with Crippen molar-refractivity contribution in [2.75, 3.05) is 11.9 Å². The van der Waals surface area contributed by atoms with Crippen LogP contribution in [-0.2, 0) is 16.1 Å². The number of hydrogen-bond acceptors (Lipinski definition) is 4. The fraction of sp³-hybridized carbons (Fsp3) is 0.158. The monoisotopic (exact) mass is 600 g/mol. The maximum atomic E-state index is 11.4. The molecule has 0 aliphatic carbocycles. The van der Waals surface area contributed by atoms with Crippen LogP contribution in [0.2, 0.25) is 0 Å². The van der Waals surface area contributed by atoms with Crippen LogP contribution in [0.5, 0.6) is 0 Å². The van der Waals surface area contributed by atoms with E-state index in [-0.39, 0.29) is 0 Å². The number of aliphatic hydroxyl groups excluding tert-OH is 1. The molecule has 0 saturated heterocycles. The number of aliphatic hydroxyl groups is 1. The van der Waals surface area contributed by atoms with Crippen LogP contribution in [-0.4, -0.2) is 44.5 Å². The zero-order valence-corrected chi connectivity index (χ0v) is 25.2. The lowest BCUT2D eigenvalue weighted by Gasteiger charge is -2.19. The van der Waals surface area contributed by atoms with Gasteiger partial charge in [0.2, 0.25) is 0 Å². The van der Waals surface area contributed by atoms with Crippen molar-refractivity contribution in [2.45, 2.75) is 32.4 Å². The van der Waals surface area contributed by atoms with E-state index < -0.39 is 18.0 Å². The predicted octanol–water partition coefficient (Wildman–Crippen LogP) is 7.88. The molecule has 228 valence electrons. The standard InChI is InChI=1S/C36H34N2O.C2H2O4/c1-25(2)26-17-20-30(21-18-26)37-23-31(39)24-38-35(29-14-7-4-8-15-29)34(28-12-5-3-6-13-28)33-22-19-27-11-9-10-16-32(27)36(33)38;3-1(4)2(5)6/h3-22,25,31,37,39H,23-24H2,1-2H3;(H,3,4)(H,5,6). The molecule has 4 N–H and O–H groups in total. The van der Waals surface area contributed by atoms with E-state index in [4.69, 9.17) is 19.8 Å². The first kappa shape index (κ1) is 31.0. The van der Waals surface area contributed by atoms with Crippen molar-refractivity contribution < 1.29 is 24.9 Å². The average molecular weight is 601 g/mol. The van der Waals surface area contributed by atoms with E-state index in [0.29, 0.717) is 19.0 Å². The quantitative estimate of drug-likeness (QED) is 0.132. The van der Waals surface area contributed by atoms with E-state index in [1.807, 2.05) is 0 Å². The van der Waals surface area contributed by atoms with Crippen molar-refractivity contribution in [1.82, 2.24) is 4.57 Å².